The Morgan fingerprint density at radius 1 is 1.05 bits per heavy atom. The number of nitrogens with zero attached hydrogens (tertiary/aromatic N) is 4. The molecule has 0 aliphatic heterocycles. The van der Waals surface area contributed by atoms with Crippen molar-refractivity contribution < 1.29 is 0 Å². The number of hydrogen-bond acceptors (Lipinski definition) is 5. The van der Waals surface area contributed by atoms with E-state index in [4.69, 9.17) is 0 Å². The maximum atomic E-state index is 4.05. The van der Waals surface area contributed by atoms with E-state index in [0.29, 0.717) is 11.2 Å². The van der Waals surface area contributed by atoms with Crippen LogP contribution in [-0.2, 0) is 0 Å². The molecule has 6 heteroatoms. The van der Waals surface area contributed by atoms with Crippen molar-refractivity contribution in [3.63, 3.8) is 0 Å². The van der Waals surface area contributed by atoms with Crippen LogP contribution in [0.1, 0.15) is 6.92 Å². The Balaban J connectivity index is 1.62. The number of hydrogen-bond donors (Lipinski definition) is 1. The molecule has 112 valence electrons. The second kappa shape index (κ2) is 7.09. The molecule has 0 amide bonds. The van der Waals surface area contributed by atoms with Crippen molar-refractivity contribution in [2.45, 2.75) is 17.1 Å². The minimum atomic E-state index is 0.406. The van der Waals surface area contributed by atoms with E-state index >= 15 is 0 Å². The number of para-hydroxylation sites is 1. The maximum absolute atomic E-state index is 4.05. The number of benzene rings is 2. The summed E-state index contributed by atoms with van der Waals surface area (Å²) in [5.41, 5.74) is 0.943. The Bertz CT molecular complexity index is 699. The van der Waals surface area contributed by atoms with Gasteiger partial charge in [0, 0.05) is 16.7 Å². The lowest BCUT2D eigenvalue weighted by molar-refractivity contribution is 0.788. The molecule has 0 saturated heterocycles. The molecule has 1 N–H and O–H groups in total. The SMILES string of the molecule is CC(CNc1nnnn1-c1ccccc1)Sc1ccccc1. The van der Waals surface area contributed by atoms with Crippen LogP contribution in [-0.4, -0.2) is 32.0 Å². The summed E-state index contributed by atoms with van der Waals surface area (Å²) in [5, 5.41) is 15.6. The van der Waals surface area contributed by atoms with E-state index in [9.17, 15) is 0 Å². The van der Waals surface area contributed by atoms with Crippen molar-refractivity contribution in [3.05, 3.63) is 60.7 Å². The summed E-state index contributed by atoms with van der Waals surface area (Å²) < 4.78 is 1.71. The van der Waals surface area contributed by atoms with Crippen molar-refractivity contribution in [2.24, 2.45) is 0 Å². The topological polar surface area (TPSA) is 55.6 Å². The van der Waals surface area contributed by atoms with Gasteiger partial charge >= 0.3 is 0 Å². The number of anilines is 1. The zero-order valence-corrected chi connectivity index (χ0v) is 13.1. The number of aromatic nitrogens is 4. The molecule has 1 atom stereocenters. The van der Waals surface area contributed by atoms with Crippen LogP contribution in [0.25, 0.3) is 5.69 Å². The third-order valence-corrected chi connectivity index (χ3v) is 4.21. The molecule has 3 rings (SSSR count). The zero-order valence-electron chi connectivity index (χ0n) is 12.3. The first-order valence-electron chi connectivity index (χ1n) is 7.12. The predicted molar refractivity (Wildman–Crippen MR) is 89.4 cm³/mol. The van der Waals surface area contributed by atoms with Crippen LogP contribution in [0, 0.1) is 0 Å². The van der Waals surface area contributed by atoms with E-state index < -0.39 is 0 Å². The summed E-state index contributed by atoms with van der Waals surface area (Å²) in [4.78, 5) is 1.26. The highest BCUT2D eigenvalue weighted by atomic mass is 32.2. The molecular weight excluding hydrogens is 294 g/mol. The average molecular weight is 311 g/mol. The average Bonchev–Trinajstić information content (AvgIpc) is 3.03. The summed E-state index contributed by atoms with van der Waals surface area (Å²) >= 11 is 1.83. The first kappa shape index (κ1) is 14.6. The monoisotopic (exact) mass is 311 g/mol. The molecule has 0 radical (unpaired) electrons. The van der Waals surface area contributed by atoms with Gasteiger partial charge < -0.3 is 5.32 Å². The standard InChI is InChI=1S/C16H17N5S/c1-13(22-15-10-6-3-7-11-15)12-17-16-18-19-20-21(16)14-8-4-2-5-9-14/h2-11,13H,12H2,1H3,(H,17,18,20). The van der Waals surface area contributed by atoms with Crippen molar-refractivity contribution in [3.8, 4) is 5.69 Å². The molecule has 1 aromatic heterocycles. The molecular formula is C16H17N5S. The predicted octanol–water partition coefficient (Wildman–Crippen LogP) is 3.26. The highest BCUT2D eigenvalue weighted by Gasteiger charge is 2.10. The van der Waals surface area contributed by atoms with Gasteiger partial charge in [-0.2, -0.15) is 4.68 Å². The van der Waals surface area contributed by atoms with Gasteiger partial charge in [-0.15, -0.1) is 11.8 Å². The number of nitrogens with one attached hydrogen (secondary N) is 1. The minimum absolute atomic E-state index is 0.406. The summed E-state index contributed by atoms with van der Waals surface area (Å²) in [6, 6.07) is 20.2. The van der Waals surface area contributed by atoms with E-state index in [1.807, 2.05) is 48.2 Å². The molecule has 0 saturated carbocycles. The van der Waals surface area contributed by atoms with E-state index in [2.05, 4.69) is 52.0 Å². The van der Waals surface area contributed by atoms with Crippen molar-refractivity contribution in [2.75, 3.05) is 11.9 Å². The molecule has 1 unspecified atom stereocenters. The lowest BCUT2D eigenvalue weighted by Gasteiger charge is -2.12. The number of thioether (sulfide) groups is 1. The molecule has 1 heterocycles. The smallest absolute Gasteiger partial charge is 0.247 e. The van der Waals surface area contributed by atoms with Crippen LogP contribution in [0.4, 0.5) is 5.95 Å². The van der Waals surface area contributed by atoms with Gasteiger partial charge in [0.25, 0.3) is 0 Å². The van der Waals surface area contributed by atoms with Crippen molar-refractivity contribution in [1.29, 1.82) is 0 Å². The molecule has 0 aliphatic carbocycles. The Kier molecular flexibility index (Phi) is 4.70. The molecule has 5 nitrogen and oxygen atoms in total. The largest absolute Gasteiger partial charge is 0.352 e. The van der Waals surface area contributed by atoms with Gasteiger partial charge in [0.2, 0.25) is 5.95 Å². The van der Waals surface area contributed by atoms with Gasteiger partial charge in [0.05, 0.1) is 5.69 Å². The van der Waals surface area contributed by atoms with Crippen LogP contribution in [0.3, 0.4) is 0 Å². The molecule has 0 bridgehead atoms. The highest BCUT2D eigenvalue weighted by molar-refractivity contribution is 8.00. The first-order chi connectivity index (χ1) is 10.8. The van der Waals surface area contributed by atoms with Crippen LogP contribution in [0.15, 0.2) is 65.6 Å². The molecule has 0 aliphatic rings. The lowest BCUT2D eigenvalue weighted by Crippen LogP contribution is -2.16. The van der Waals surface area contributed by atoms with Gasteiger partial charge in [-0.25, -0.2) is 0 Å². The Labute approximate surface area is 133 Å². The van der Waals surface area contributed by atoms with Gasteiger partial charge in [-0.3, -0.25) is 0 Å². The minimum Gasteiger partial charge on any atom is -0.352 e. The van der Waals surface area contributed by atoms with Crippen LogP contribution in [0.2, 0.25) is 0 Å². The van der Waals surface area contributed by atoms with Crippen LogP contribution >= 0.6 is 11.8 Å². The van der Waals surface area contributed by atoms with Gasteiger partial charge in [0.15, 0.2) is 0 Å². The van der Waals surface area contributed by atoms with E-state index in [1.165, 1.54) is 4.90 Å². The van der Waals surface area contributed by atoms with Gasteiger partial charge in [-0.05, 0) is 34.7 Å². The fraction of sp³-hybridized carbons (Fsp3) is 0.188. The van der Waals surface area contributed by atoms with E-state index in [0.717, 1.165) is 12.2 Å². The summed E-state index contributed by atoms with van der Waals surface area (Å²) in [6.45, 7) is 2.97. The second-order valence-corrected chi connectivity index (χ2v) is 6.38. The summed E-state index contributed by atoms with van der Waals surface area (Å²) in [6.07, 6.45) is 0. The molecule has 22 heavy (non-hydrogen) atoms. The maximum Gasteiger partial charge on any atom is 0.247 e. The zero-order chi connectivity index (χ0) is 15.2. The molecule has 2 aromatic carbocycles. The van der Waals surface area contributed by atoms with E-state index in [1.54, 1.807) is 4.68 Å². The van der Waals surface area contributed by atoms with Crippen LogP contribution in [0.5, 0.6) is 0 Å². The lowest BCUT2D eigenvalue weighted by atomic mass is 10.3. The second-order valence-electron chi connectivity index (χ2n) is 4.87. The Morgan fingerprint density at radius 3 is 2.45 bits per heavy atom. The highest BCUT2D eigenvalue weighted by Crippen LogP contribution is 2.22. The van der Waals surface area contributed by atoms with Gasteiger partial charge in [0.1, 0.15) is 0 Å². The number of tetrazole rings is 1. The fourth-order valence-corrected chi connectivity index (χ4v) is 2.99. The molecule has 0 fully saturated rings. The van der Waals surface area contributed by atoms with Crippen LogP contribution < -0.4 is 5.32 Å². The molecule has 3 aromatic rings. The van der Waals surface area contributed by atoms with Crippen molar-refractivity contribution in [1.82, 2.24) is 20.2 Å². The normalized spacial score (nSPS) is 12.0. The summed E-state index contributed by atoms with van der Waals surface area (Å²) in [7, 11) is 0. The Morgan fingerprint density at radius 2 is 1.73 bits per heavy atom. The third kappa shape index (κ3) is 3.65. The first-order valence-corrected chi connectivity index (χ1v) is 8.00. The fourth-order valence-electron chi connectivity index (χ4n) is 2.05. The van der Waals surface area contributed by atoms with E-state index in [-0.39, 0.29) is 0 Å². The molecule has 0 spiro atoms. The quantitative estimate of drug-likeness (QED) is 0.708. The third-order valence-electron chi connectivity index (χ3n) is 3.10. The number of rotatable bonds is 6. The van der Waals surface area contributed by atoms with Gasteiger partial charge in [-0.1, -0.05) is 48.4 Å². The van der Waals surface area contributed by atoms with Crippen molar-refractivity contribution >= 4 is 17.7 Å². The summed E-state index contributed by atoms with van der Waals surface area (Å²) in [5.74, 6) is 0.659. The Hall–Kier alpha value is -2.34.